The van der Waals surface area contributed by atoms with Crippen LogP contribution in [0.2, 0.25) is 0 Å². The number of nitrogens with one attached hydrogen (secondary N) is 1. The fourth-order valence-electron chi connectivity index (χ4n) is 3.51. The minimum absolute atomic E-state index is 0.0779. The number of nitrogens with zero attached hydrogens (tertiary/aromatic N) is 3. The Hall–Kier alpha value is -2.90. The van der Waals surface area contributed by atoms with Gasteiger partial charge in [-0.25, -0.2) is 0 Å². The topological polar surface area (TPSA) is 59.8 Å². The van der Waals surface area contributed by atoms with Crippen LogP contribution >= 0.6 is 27.7 Å². The summed E-state index contributed by atoms with van der Waals surface area (Å²) in [4.78, 5) is 12.7. The van der Waals surface area contributed by atoms with Crippen LogP contribution in [0.15, 0.2) is 82.4 Å². The molecule has 1 aromatic heterocycles. The number of rotatable bonds is 8. The minimum Gasteiger partial charge on any atom is -0.325 e. The van der Waals surface area contributed by atoms with Gasteiger partial charge >= 0.3 is 0 Å². The Labute approximate surface area is 206 Å². The van der Waals surface area contributed by atoms with Crippen LogP contribution in [0.1, 0.15) is 29.4 Å². The Morgan fingerprint density at radius 1 is 1.00 bits per heavy atom. The molecule has 7 heteroatoms. The summed E-state index contributed by atoms with van der Waals surface area (Å²) in [5.41, 5.74) is 5.25. The van der Waals surface area contributed by atoms with Crippen LogP contribution in [-0.4, -0.2) is 26.4 Å². The van der Waals surface area contributed by atoms with Gasteiger partial charge in [-0.15, -0.1) is 10.2 Å². The zero-order valence-electron chi connectivity index (χ0n) is 18.6. The minimum atomic E-state index is -0.0779. The van der Waals surface area contributed by atoms with Crippen molar-refractivity contribution in [3.63, 3.8) is 0 Å². The van der Waals surface area contributed by atoms with Crippen LogP contribution in [0.3, 0.4) is 0 Å². The van der Waals surface area contributed by atoms with Crippen LogP contribution in [0.4, 0.5) is 5.69 Å². The molecule has 168 valence electrons. The monoisotopic (exact) mass is 520 g/mol. The van der Waals surface area contributed by atoms with Gasteiger partial charge < -0.3 is 5.32 Å². The van der Waals surface area contributed by atoms with Crippen LogP contribution in [0.25, 0.3) is 5.69 Å². The number of hydrogen-bond acceptors (Lipinski definition) is 4. The zero-order chi connectivity index (χ0) is 23.2. The second kappa shape index (κ2) is 10.8. The number of aryl methyl sites for hydroxylation is 2. The van der Waals surface area contributed by atoms with Gasteiger partial charge in [0, 0.05) is 22.3 Å². The molecule has 1 amide bonds. The van der Waals surface area contributed by atoms with E-state index in [9.17, 15) is 4.79 Å². The van der Waals surface area contributed by atoms with Crippen LogP contribution in [-0.2, 0) is 17.6 Å². The van der Waals surface area contributed by atoms with Crippen molar-refractivity contribution in [3.05, 3.63) is 99.8 Å². The molecule has 0 aliphatic carbocycles. The second-order valence-corrected chi connectivity index (χ2v) is 9.57. The number of amides is 1. The fraction of sp³-hybridized carbons (Fsp3) is 0.192. The first-order valence-corrected chi connectivity index (χ1v) is 12.6. The highest BCUT2D eigenvalue weighted by molar-refractivity contribution is 9.10. The average molecular weight is 521 g/mol. The van der Waals surface area contributed by atoms with Gasteiger partial charge in [-0.3, -0.25) is 9.36 Å². The maximum atomic E-state index is 12.7. The van der Waals surface area contributed by atoms with Gasteiger partial charge in [-0.2, -0.15) is 0 Å². The van der Waals surface area contributed by atoms with E-state index in [0.29, 0.717) is 11.6 Å². The van der Waals surface area contributed by atoms with E-state index < -0.39 is 0 Å². The molecule has 0 saturated carbocycles. The molecule has 33 heavy (non-hydrogen) atoms. The molecule has 0 unspecified atom stereocenters. The third kappa shape index (κ3) is 5.92. The summed E-state index contributed by atoms with van der Waals surface area (Å²) in [5, 5.41) is 12.6. The summed E-state index contributed by atoms with van der Waals surface area (Å²) in [6.45, 7) is 4.11. The molecule has 4 aromatic rings. The number of carbonyl (C=O) groups is 1. The zero-order valence-corrected chi connectivity index (χ0v) is 21.0. The van der Waals surface area contributed by atoms with Crippen molar-refractivity contribution < 1.29 is 4.79 Å². The van der Waals surface area contributed by atoms with Gasteiger partial charge in [-0.05, 0) is 60.4 Å². The molecule has 0 saturated heterocycles. The third-order valence-corrected chi connectivity index (χ3v) is 6.73. The molecule has 0 spiro atoms. The fourth-order valence-corrected chi connectivity index (χ4v) is 4.76. The van der Waals surface area contributed by atoms with Crippen LogP contribution < -0.4 is 5.32 Å². The van der Waals surface area contributed by atoms with E-state index in [1.165, 1.54) is 17.3 Å². The smallest absolute Gasteiger partial charge is 0.234 e. The molecule has 0 aliphatic heterocycles. The predicted octanol–water partition coefficient (Wildman–Crippen LogP) is 6.22. The summed E-state index contributed by atoms with van der Waals surface area (Å²) >= 11 is 4.84. The Bertz CT molecular complexity index is 1240. The summed E-state index contributed by atoms with van der Waals surface area (Å²) in [6, 6.07) is 24.4. The largest absolute Gasteiger partial charge is 0.325 e. The molecule has 4 rings (SSSR count). The number of benzene rings is 3. The molecule has 0 fully saturated rings. The SMILES string of the molecule is CCc1ccc(-n2c(Cc3ccccc3)nnc2SCC(=O)Nc2ccc(Br)cc2C)cc1. The lowest BCUT2D eigenvalue weighted by Crippen LogP contribution is -2.15. The summed E-state index contributed by atoms with van der Waals surface area (Å²) < 4.78 is 3.04. The number of anilines is 1. The number of hydrogen-bond donors (Lipinski definition) is 1. The van der Waals surface area contributed by atoms with Crippen LogP contribution in [0, 0.1) is 6.92 Å². The van der Waals surface area contributed by atoms with E-state index in [0.717, 1.165) is 39.2 Å². The molecule has 5 nitrogen and oxygen atoms in total. The molecule has 0 radical (unpaired) electrons. The number of carbonyl (C=O) groups excluding carboxylic acids is 1. The van der Waals surface area contributed by atoms with E-state index in [1.807, 2.05) is 43.3 Å². The molecule has 1 N–H and O–H groups in total. The van der Waals surface area contributed by atoms with E-state index in [-0.39, 0.29) is 11.7 Å². The standard InChI is InChI=1S/C26H25BrN4OS/c1-3-19-9-12-22(13-10-19)31-24(16-20-7-5-4-6-8-20)29-30-26(31)33-17-25(32)28-23-14-11-21(27)15-18(23)2/h4-15H,3,16-17H2,1-2H3,(H,28,32). The highest BCUT2D eigenvalue weighted by atomic mass is 79.9. The highest BCUT2D eigenvalue weighted by Gasteiger charge is 2.17. The van der Waals surface area contributed by atoms with Gasteiger partial charge in [0.1, 0.15) is 5.82 Å². The number of halogens is 1. The molecule has 0 aliphatic rings. The van der Waals surface area contributed by atoms with Crippen molar-refractivity contribution in [2.24, 2.45) is 0 Å². The molecule has 0 bridgehead atoms. The third-order valence-electron chi connectivity index (χ3n) is 5.30. The van der Waals surface area contributed by atoms with Gasteiger partial charge in [0.05, 0.1) is 5.75 Å². The van der Waals surface area contributed by atoms with E-state index in [4.69, 9.17) is 0 Å². The Kier molecular flexibility index (Phi) is 7.62. The number of aromatic nitrogens is 3. The van der Waals surface area contributed by atoms with Crippen molar-refractivity contribution in [3.8, 4) is 5.69 Å². The second-order valence-electron chi connectivity index (χ2n) is 7.71. The van der Waals surface area contributed by atoms with Gasteiger partial charge in [0.25, 0.3) is 0 Å². The lowest BCUT2D eigenvalue weighted by Gasteiger charge is -2.12. The first-order valence-electron chi connectivity index (χ1n) is 10.8. The van der Waals surface area contributed by atoms with E-state index in [1.54, 1.807) is 0 Å². The molecule has 3 aromatic carbocycles. The quantitative estimate of drug-likeness (QED) is 0.280. The van der Waals surface area contributed by atoms with E-state index >= 15 is 0 Å². The van der Waals surface area contributed by atoms with Crippen molar-refractivity contribution in [1.29, 1.82) is 0 Å². The maximum Gasteiger partial charge on any atom is 0.234 e. The molecular formula is C26H25BrN4OS. The first kappa shape index (κ1) is 23.3. The van der Waals surface area contributed by atoms with Gasteiger partial charge in [-0.1, -0.05) is 77.1 Å². The Balaban J connectivity index is 1.55. The molecule has 1 heterocycles. The van der Waals surface area contributed by atoms with E-state index in [2.05, 4.69) is 79.3 Å². The molecular weight excluding hydrogens is 496 g/mol. The van der Waals surface area contributed by atoms with Gasteiger partial charge in [0.2, 0.25) is 5.91 Å². The molecule has 0 atom stereocenters. The van der Waals surface area contributed by atoms with Crippen molar-refractivity contribution in [1.82, 2.24) is 14.8 Å². The number of thioether (sulfide) groups is 1. The lowest BCUT2D eigenvalue weighted by atomic mass is 10.1. The lowest BCUT2D eigenvalue weighted by molar-refractivity contribution is -0.113. The summed E-state index contributed by atoms with van der Waals surface area (Å²) in [6.07, 6.45) is 1.64. The Morgan fingerprint density at radius 3 is 2.45 bits per heavy atom. The average Bonchev–Trinajstić information content (AvgIpc) is 3.22. The normalized spacial score (nSPS) is 10.9. The highest BCUT2D eigenvalue weighted by Crippen LogP contribution is 2.25. The van der Waals surface area contributed by atoms with Crippen molar-refractivity contribution in [2.45, 2.75) is 31.8 Å². The summed E-state index contributed by atoms with van der Waals surface area (Å²) in [5.74, 6) is 1.01. The summed E-state index contributed by atoms with van der Waals surface area (Å²) in [7, 11) is 0. The first-order chi connectivity index (χ1) is 16.0. The maximum absolute atomic E-state index is 12.7. The van der Waals surface area contributed by atoms with Crippen molar-refractivity contribution in [2.75, 3.05) is 11.1 Å². The Morgan fingerprint density at radius 2 is 1.76 bits per heavy atom. The predicted molar refractivity (Wildman–Crippen MR) is 138 cm³/mol. The van der Waals surface area contributed by atoms with Gasteiger partial charge in [0.15, 0.2) is 5.16 Å². The van der Waals surface area contributed by atoms with Crippen molar-refractivity contribution >= 4 is 39.3 Å². The van der Waals surface area contributed by atoms with Crippen LogP contribution in [0.5, 0.6) is 0 Å².